The zero-order chi connectivity index (χ0) is 15.5. The molecule has 0 aliphatic heterocycles. The molecule has 0 radical (unpaired) electrons. The quantitative estimate of drug-likeness (QED) is 0.875. The predicted molar refractivity (Wildman–Crippen MR) is 72.0 cm³/mol. The molecule has 1 saturated carbocycles. The van der Waals surface area contributed by atoms with Gasteiger partial charge in [0.25, 0.3) is 5.91 Å². The average molecular weight is 297 g/mol. The van der Waals surface area contributed by atoms with E-state index in [9.17, 15) is 18.4 Å². The number of carbonyl (C=O) groups is 2. The van der Waals surface area contributed by atoms with E-state index in [1.54, 1.807) is 6.07 Å². The summed E-state index contributed by atoms with van der Waals surface area (Å²) in [5, 5.41) is 11.4. The summed E-state index contributed by atoms with van der Waals surface area (Å²) in [5.41, 5.74) is -1.54. The largest absolute Gasteiger partial charge is 0.480 e. The van der Waals surface area contributed by atoms with E-state index in [1.807, 2.05) is 0 Å². The van der Waals surface area contributed by atoms with Crippen LogP contribution in [-0.2, 0) is 16.0 Å². The van der Waals surface area contributed by atoms with Crippen molar-refractivity contribution in [3.8, 4) is 0 Å². The van der Waals surface area contributed by atoms with E-state index < -0.39 is 29.4 Å². The van der Waals surface area contributed by atoms with Crippen LogP contribution >= 0.6 is 0 Å². The first-order valence-corrected chi connectivity index (χ1v) is 6.88. The van der Waals surface area contributed by atoms with Gasteiger partial charge in [-0.25, -0.2) is 13.6 Å². The fourth-order valence-electron chi connectivity index (χ4n) is 2.55. The number of benzene rings is 1. The Labute approximate surface area is 121 Å². The smallest absolute Gasteiger partial charge is 0.326 e. The number of amides is 1. The van der Waals surface area contributed by atoms with Crippen LogP contribution in [0.25, 0.3) is 0 Å². The van der Waals surface area contributed by atoms with E-state index in [4.69, 9.17) is 5.11 Å². The highest BCUT2D eigenvalue weighted by molar-refractivity contribution is 5.89. The number of carboxylic acids is 1. The second-order valence-corrected chi connectivity index (χ2v) is 5.37. The fourth-order valence-corrected chi connectivity index (χ4v) is 2.55. The van der Waals surface area contributed by atoms with Gasteiger partial charge in [0.1, 0.15) is 11.9 Å². The Morgan fingerprint density at radius 1 is 1.33 bits per heavy atom. The van der Waals surface area contributed by atoms with Gasteiger partial charge in [-0.15, -0.1) is 0 Å². The molecule has 0 aromatic heterocycles. The van der Waals surface area contributed by atoms with E-state index in [0.717, 1.165) is 0 Å². The number of carbonyl (C=O) groups excluding carboxylic acids is 1. The number of hydrogen-bond acceptors (Lipinski definition) is 2. The highest BCUT2D eigenvalue weighted by Crippen LogP contribution is 2.33. The number of nitrogens with one attached hydrogen (secondary N) is 1. The van der Waals surface area contributed by atoms with Gasteiger partial charge in [-0.3, -0.25) is 4.79 Å². The lowest BCUT2D eigenvalue weighted by Crippen LogP contribution is -2.50. The molecule has 1 amide bonds. The van der Waals surface area contributed by atoms with Crippen molar-refractivity contribution in [1.29, 1.82) is 0 Å². The Balaban J connectivity index is 2.06. The summed E-state index contributed by atoms with van der Waals surface area (Å²) >= 11 is 0. The van der Waals surface area contributed by atoms with Crippen LogP contribution in [0.1, 0.15) is 31.2 Å². The summed E-state index contributed by atoms with van der Waals surface area (Å²) in [6, 6.07) is 4.19. The van der Waals surface area contributed by atoms with Crippen molar-refractivity contribution in [3.63, 3.8) is 0 Å². The summed E-state index contributed by atoms with van der Waals surface area (Å²) < 4.78 is 27.4. The maximum Gasteiger partial charge on any atom is 0.326 e. The molecule has 1 aliphatic carbocycles. The van der Waals surface area contributed by atoms with Gasteiger partial charge in [0.15, 0.2) is 5.67 Å². The number of halogens is 2. The lowest BCUT2D eigenvalue weighted by molar-refractivity contribution is -0.144. The van der Waals surface area contributed by atoms with Gasteiger partial charge in [-0.2, -0.15) is 0 Å². The molecule has 114 valence electrons. The van der Waals surface area contributed by atoms with E-state index in [0.29, 0.717) is 18.4 Å². The monoisotopic (exact) mass is 297 g/mol. The van der Waals surface area contributed by atoms with Crippen molar-refractivity contribution in [2.24, 2.45) is 0 Å². The van der Waals surface area contributed by atoms with Gasteiger partial charge in [-0.1, -0.05) is 12.1 Å². The number of hydrogen-bond donors (Lipinski definition) is 2. The average Bonchev–Trinajstić information content (AvgIpc) is 2.86. The third-order valence-electron chi connectivity index (χ3n) is 3.74. The fraction of sp³-hybridized carbons (Fsp3) is 0.467. The van der Waals surface area contributed by atoms with Gasteiger partial charge in [0, 0.05) is 6.42 Å². The van der Waals surface area contributed by atoms with Crippen LogP contribution in [0, 0.1) is 5.82 Å². The standard InChI is InChI=1S/C15H17F2NO3/c16-11-5-3-4-10(8-11)9-12(13(19)20)18-14(21)15(17)6-1-2-7-15/h3-5,8,12H,1-2,6-7,9H2,(H,18,21)(H,19,20). The zero-order valence-electron chi connectivity index (χ0n) is 11.4. The Bertz CT molecular complexity index is 541. The molecule has 1 aliphatic rings. The molecule has 0 heterocycles. The number of carboxylic acid groups (broad SMARTS) is 1. The molecule has 6 heteroatoms. The van der Waals surface area contributed by atoms with E-state index >= 15 is 0 Å². The molecule has 0 saturated heterocycles. The predicted octanol–water partition coefficient (Wildman–Crippen LogP) is 2.22. The summed E-state index contributed by atoms with van der Waals surface area (Å²) in [7, 11) is 0. The van der Waals surface area contributed by atoms with Crippen molar-refractivity contribution in [3.05, 3.63) is 35.6 Å². The highest BCUT2D eigenvalue weighted by Gasteiger charge is 2.42. The first-order chi connectivity index (χ1) is 9.90. The highest BCUT2D eigenvalue weighted by atomic mass is 19.1. The van der Waals surface area contributed by atoms with Crippen LogP contribution in [0.2, 0.25) is 0 Å². The summed E-state index contributed by atoms with van der Waals surface area (Å²) in [4.78, 5) is 23.1. The lowest BCUT2D eigenvalue weighted by atomic mass is 10.0. The second-order valence-electron chi connectivity index (χ2n) is 5.37. The van der Waals surface area contributed by atoms with E-state index in [-0.39, 0.29) is 19.3 Å². The van der Waals surface area contributed by atoms with Gasteiger partial charge in [0.05, 0.1) is 0 Å². The minimum absolute atomic E-state index is 0.0884. The molecule has 2 rings (SSSR count). The third-order valence-corrected chi connectivity index (χ3v) is 3.74. The normalized spacial score (nSPS) is 18.2. The van der Waals surface area contributed by atoms with Crippen LogP contribution in [0.5, 0.6) is 0 Å². The van der Waals surface area contributed by atoms with Crippen molar-refractivity contribution in [2.45, 2.75) is 43.8 Å². The van der Waals surface area contributed by atoms with Crippen LogP contribution in [-0.4, -0.2) is 28.7 Å². The zero-order valence-corrected chi connectivity index (χ0v) is 11.4. The number of alkyl halides is 1. The minimum Gasteiger partial charge on any atom is -0.480 e. The number of rotatable bonds is 5. The van der Waals surface area contributed by atoms with Gasteiger partial charge in [-0.05, 0) is 43.4 Å². The van der Waals surface area contributed by atoms with Crippen molar-refractivity contribution in [1.82, 2.24) is 5.32 Å². The Morgan fingerprint density at radius 2 is 2.00 bits per heavy atom. The lowest BCUT2D eigenvalue weighted by Gasteiger charge is -2.22. The molecule has 0 bridgehead atoms. The van der Waals surface area contributed by atoms with Crippen LogP contribution in [0.4, 0.5) is 8.78 Å². The molecule has 21 heavy (non-hydrogen) atoms. The number of aliphatic carboxylic acids is 1. The molecule has 1 atom stereocenters. The molecule has 1 aromatic rings. The molecule has 0 spiro atoms. The summed E-state index contributed by atoms with van der Waals surface area (Å²) in [6.45, 7) is 0. The van der Waals surface area contributed by atoms with Crippen LogP contribution in [0.3, 0.4) is 0 Å². The summed E-state index contributed by atoms with van der Waals surface area (Å²) in [6.07, 6.45) is 1.38. The molecular weight excluding hydrogens is 280 g/mol. The molecular formula is C15H17F2NO3. The Hall–Kier alpha value is -1.98. The second kappa shape index (κ2) is 6.20. The van der Waals surface area contributed by atoms with Crippen LogP contribution in [0.15, 0.2) is 24.3 Å². The molecule has 1 aromatic carbocycles. The van der Waals surface area contributed by atoms with E-state index in [1.165, 1.54) is 18.2 Å². The molecule has 4 nitrogen and oxygen atoms in total. The molecule has 1 fully saturated rings. The maximum atomic E-state index is 14.3. The van der Waals surface area contributed by atoms with E-state index in [2.05, 4.69) is 5.32 Å². The minimum atomic E-state index is -1.98. The Kier molecular flexibility index (Phi) is 4.55. The Morgan fingerprint density at radius 3 is 2.57 bits per heavy atom. The molecule has 2 N–H and O–H groups in total. The van der Waals surface area contributed by atoms with Crippen molar-refractivity contribution in [2.75, 3.05) is 0 Å². The van der Waals surface area contributed by atoms with Gasteiger partial charge >= 0.3 is 5.97 Å². The van der Waals surface area contributed by atoms with Crippen LogP contribution < -0.4 is 5.32 Å². The van der Waals surface area contributed by atoms with Gasteiger partial charge in [0.2, 0.25) is 0 Å². The first-order valence-electron chi connectivity index (χ1n) is 6.88. The topological polar surface area (TPSA) is 66.4 Å². The van der Waals surface area contributed by atoms with Gasteiger partial charge < -0.3 is 10.4 Å². The third kappa shape index (κ3) is 3.77. The molecule has 1 unspecified atom stereocenters. The maximum absolute atomic E-state index is 14.3. The first kappa shape index (κ1) is 15.4. The summed E-state index contributed by atoms with van der Waals surface area (Å²) in [5.74, 6) is -2.64. The SMILES string of the molecule is O=C(O)C(Cc1cccc(F)c1)NC(=O)C1(F)CCCC1. The van der Waals surface area contributed by atoms with Crippen molar-refractivity contribution < 1.29 is 23.5 Å². The van der Waals surface area contributed by atoms with Crippen molar-refractivity contribution >= 4 is 11.9 Å².